The van der Waals surface area contributed by atoms with Crippen LogP contribution >= 0.6 is 0 Å². The van der Waals surface area contributed by atoms with Gasteiger partial charge in [-0.25, -0.2) is 9.97 Å². The molecule has 1 atom stereocenters. The predicted octanol–water partition coefficient (Wildman–Crippen LogP) is 1.86. The molecule has 0 aromatic carbocycles. The highest BCUT2D eigenvalue weighted by molar-refractivity contribution is 5.81. The number of aromatic nitrogens is 2. The lowest BCUT2D eigenvalue weighted by Gasteiger charge is -2.45. The first kappa shape index (κ1) is 15.8. The number of anilines is 1. The molecule has 0 N–H and O–H groups in total. The molecule has 6 heteroatoms. The first-order valence-electron chi connectivity index (χ1n) is 9.18. The van der Waals surface area contributed by atoms with E-state index in [4.69, 9.17) is 4.74 Å². The minimum atomic E-state index is -0.204. The summed E-state index contributed by atoms with van der Waals surface area (Å²) in [6.07, 6.45) is 9.82. The Morgan fingerprint density at radius 2 is 1.79 bits per heavy atom. The van der Waals surface area contributed by atoms with Gasteiger partial charge in [-0.15, -0.1) is 0 Å². The number of hydrogen-bond donors (Lipinski definition) is 0. The number of carbonyl (C=O) groups is 1. The maximum absolute atomic E-state index is 12.5. The van der Waals surface area contributed by atoms with Crippen LogP contribution in [0.4, 0.5) is 5.95 Å². The van der Waals surface area contributed by atoms with Crippen molar-refractivity contribution >= 4 is 11.9 Å². The van der Waals surface area contributed by atoms with Crippen molar-refractivity contribution in [2.75, 3.05) is 37.7 Å². The molecule has 0 unspecified atom stereocenters. The van der Waals surface area contributed by atoms with E-state index in [1.165, 1.54) is 0 Å². The number of piperidine rings is 1. The Hall–Kier alpha value is -1.69. The number of hydrogen-bond acceptors (Lipinski definition) is 5. The van der Waals surface area contributed by atoms with E-state index in [1.54, 1.807) is 12.4 Å². The van der Waals surface area contributed by atoms with E-state index in [0.29, 0.717) is 0 Å². The summed E-state index contributed by atoms with van der Waals surface area (Å²) < 4.78 is 6.05. The van der Waals surface area contributed by atoms with Gasteiger partial charge in [-0.2, -0.15) is 0 Å². The van der Waals surface area contributed by atoms with Gasteiger partial charge < -0.3 is 14.5 Å². The summed E-state index contributed by atoms with van der Waals surface area (Å²) in [7, 11) is 0. The third-order valence-corrected chi connectivity index (χ3v) is 5.88. The Labute approximate surface area is 143 Å². The lowest BCUT2D eigenvalue weighted by molar-refractivity contribution is -0.152. The highest BCUT2D eigenvalue weighted by Crippen LogP contribution is 2.41. The van der Waals surface area contributed by atoms with Crippen molar-refractivity contribution in [2.24, 2.45) is 5.41 Å². The van der Waals surface area contributed by atoms with Gasteiger partial charge in [0.25, 0.3) is 5.91 Å². The summed E-state index contributed by atoms with van der Waals surface area (Å²) in [6.45, 7) is 4.49. The van der Waals surface area contributed by atoms with E-state index in [-0.39, 0.29) is 17.4 Å². The number of ether oxygens (including phenoxy) is 1. The van der Waals surface area contributed by atoms with Crippen LogP contribution in [0.15, 0.2) is 18.5 Å². The van der Waals surface area contributed by atoms with Crippen LogP contribution in [0.2, 0.25) is 0 Å². The molecule has 1 aromatic heterocycles. The van der Waals surface area contributed by atoms with Crippen LogP contribution in [0.25, 0.3) is 0 Å². The molecule has 4 heterocycles. The van der Waals surface area contributed by atoms with Crippen LogP contribution in [0.3, 0.4) is 0 Å². The van der Waals surface area contributed by atoms with Gasteiger partial charge in [0.05, 0.1) is 6.61 Å². The summed E-state index contributed by atoms with van der Waals surface area (Å²) in [4.78, 5) is 25.4. The lowest BCUT2D eigenvalue weighted by Crippen LogP contribution is -2.49. The zero-order valence-corrected chi connectivity index (χ0v) is 14.2. The zero-order chi connectivity index (χ0) is 16.4. The average molecular weight is 330 g/mol. The van der Waals surface area contributed by atoms with Crippen LogP contribution in [-0.2, 0) is 9.53 Å². The Morgan fingerprint density at radius 1 is 1.08 bits per heavy atom. The minimum absolute atomic E-state index is 0.204. The SMILES string of the molecule is O=C([C@@H]1CCC2(CCN(c3ncccn3)CC2)CO1)N1CCCC1. The number of likely N-dealkylation sites (tertiary alicyclic amines) is 1. The standard InChI is InChI=1S/C18H26N4O2/c23-16(21-10-1-2-11-21)15-4-5-18(14-24-15)6-12-22(13-7-18)17-19-8-3-9-20-17/h3,8-9,15H,1-2,4-7,10-14H2/t15-/m0/s1. The molecule has 1 spiro atoms. The van der Waals surface area contributed by atoms with E-state index < -0.39 is 0 Å². The number of nitrogens with zero attached hydrogens (tertiary/aromatic N) is 4. The van der Waals surface area contributed by atoms with Gasteiger partial charge in [0, 0.05) is 38.6 Å². The van der Waals surface area contributed by atoms with Gasteiger partial charge in [0.1, 0.15) is 6.10 Å². The van der Waals surface area contributed by atoms with Gasteiger partial charge in [0.15, 0.2) is 0 Å². The minimum Gasteiger partial charge on any atom is -0.368 e. The molecule has 130 valence electrons. The second-order valence-corrected chi connectivity index (χ2v) is 7.41. The summed E-state index contributed by atoms with van der Waals surface area (Å²) in [6, 6.07) is 1.85. The smallest absolute Gasteiger partial charge is 0.251 e. The fourth-order valence-electron chi connectivity index (χ4n) is 4.24. The van der Waals surface area contributed by atoms with Crippen molar-refractivity contribution in [3.05, 3.63) is 18.5 Å². The van der Waals surface area contributed by atoms with Crippen molar-refractivity contribution in [1.29, 1.82) is 0 Å². The quantitative estimate of drug-likeness (QED) is 0.828. The summed E-state index contributed by atoms with van der Waals surface area (Å²) in [5.41, 5.74) is 0.243. The first-order chi connectivity index (χ1) is 11.8. The maximum Gasteiger partial charge on any atom is 0.251 e. The Bertz CT molecular complexity index is 556. The maximum atomic E-state index is 12.5. The molecule has 3 saturated heterocycles. The summed E-state index contributed by atoms with van der Waals surface area (Å²) in [5.74, 6) is 1.05. The third kappa shape index (κ3) is 3.11. The zero-order valence-electron chi connectivity index (χ0n) is 14.2. The number of rotatable bonds is 2. The molecule has 0 aliphatic carbocycles. The van der Waals surface area contributed by atoms with Gasteiger partial charge in [-0.1, -0.05) is 0 Å². The molecule has 24 heavy (non-hydrogen) atoms. The Kier molecular flexibility index (Phi) is 4.39. The molecule has 0 saturated carbocycles. The molecule has 1 amide bonds. The number of carbonyl (C=O) groups excluding carboxylic acids is 1. The Balaban J connectivity index is 1.30. The molecule has 4 rings (SSSR count). The normalized spacial score (nSPS) is 26.8. The summed E-state index contributed by atoms with van der Waals surface area (Å²) >= 11 is 0. The average Bonchev–Trinajstić information content (AvgIpc) is 3.18. The fraction of sp³-hybridized carbons (Fsp3) is 0.722. The van der Waals surface area contributed by atoms with Crippen molar-refractivity contribution in [3.8, 4) is 0 Å². The molecule has 0 radical (unpaired) electrons. The van der Waals surface area contributed by atoms with Crippen LogP contribution < -0.4 is 4.90 Å². The molecule has 3 aliphatic rings. The molecular formula is C18H26N4O2. The van der Waals surface area contributed by atoms with Crippen molar-refractivity contribution in [2.45, 2.75) is 44.6 Å². The monoisotopic (exact) mass is 330 g/mol. The molecule has 3 fully saturated rings. The molecule has 6 nitrogen and oxygen atoms in total. The van der Waals surface area contributed by atoms with Crippen molar-refractivity contribution in [3.63, 3.8) is 0 Å². The van der Waals surface area contributed by atoms with E-state index in [2.05, 4.69) is 14.9 Å². The van der Waals surface area contributed by atoms with Gasteiger partial charge in [0.2, 0.25) is 5.95 Å². The predicted molar refractivity (Wildman–Crippen MR) is 90.7 cm³/mol. The molecule has 1 aromatic rings. The van der Waals surface area contributed by atoms with Crippen LogP contribution in [0.5, 0.6) is 0 Å². The fourth-order valence-corrected chi connectivity index (χ4v) is 4.24. The van der Waals surface area contributed by atoms with E-state index in [9.17, 15) is 4.79 Å². The molecule has 3 aliphatic heterocycles. The number of amides is 1. The molecule has 0 bridgehead atoms. The van der Waals surface area contributed by atoms with E-state index in [0.717, 1.165) is 77.3 Å². The van der Waals surface area contributed by atoms with Crippen LogP contribution in [-0.4, -0.2) is 59.7 Å². The van der Waals surface area contributed by atoms with Gasteiger partial charge >= 0.3 is 0 Å². The molecular weight excluding hydrogens is 304 g/mol. The lowest BCUT2D eigenvalue weighted by atomic mass is 9.73. The van der Waals surface area contributed by atoms with Crippen LogP contribution in [0.1, 0.15) is 38.5 Å². The highest BCUT2D eigenvalue weighted by Gasteiger charge is 2.41. The van der Waals surface area contributed by atoms with Crippen LogP contribution in [0, 0.1) is 5.41 Å². The van der Waals surface area contributed by atoms with Crippen molar-refractivity contribution < 1.29 is 9.53 Å². The highest BCUT2D eigenvalue weighted by atomic mass is 16.5. The van der Waals surface area contributed by atoms with Gasteiger partial charge in [-0.05, 0) is 50.0 Å². The largest absolute Gasteiger partial charge is 0.368 e. The topological polar surface area (TPSA) is 58.6 Å². The first-order valence-corrected chi connectivity index (χ1v) is 9.18. The van der Waals surface area contributed by atoms with E-state index >= 15 is 0 Å². The summed E-state index contributed by atoms with van der Waals surface area (Å²) in [5, 5.41) is 0. The van der Waals surface area contributed by atoms with Crippen molar-refractivity contribution in [1.82, 2.24) is 14.9 Å². The van der Waals surface area contributed by atoms with Gasteiger partial charge in [-0.3, -0.25) is 4.79 Å². The second kappa shape index (κ2) is 6.67. The third-order valence-electron chi connectivity index (χ3n) is 5.88. The van der Waals surface area contributed by atoms with E-state index in [1.807, 2.05) is 11.0 Å². The Morgan fingerprint density at radius 3 is 2.42 bits per heavy atom. The second-order valence-electron chi connectivity index (χ2n) is 7.41.